The Morgan fingerprint density at radius 3 is 2.24 bits per heavy atom. The van der Waals surface area contributed by atoms with Crippen molar-refractivity contribution in [3.8, 4) is 0 Å². The molecule has 1 aliphatic rings. The number of carboxylic acid groups (broad SMARTS) is 1. The third-order valence-electron chi connectivity index (χ3n) is 6.81. The quantitative estimate of drug-likeness (QED) is 0.307. The molecule has 3 aromatic carbocycles. The first-order chi connectivity index (χ1) is 19.5. The minimum absolute atomic E-state index is 0.0392. The molecule has 0 bridgehead atoms. The van der Waals surface area contributed by atoms with Gasteiger partial charge < -0.3 is 25.5 Å². The summed E-state index contributed by atoms with van der Waals surface area (Å²) in [5, 5.41) is 15.2. The number of anilines is 3. The van der Waals surface area contributed by atoms with Crippen LogP contribution in [0.1, 0.15) is 16.7 Å². The Morgan fingerprint density at radius 2 is 1.61 bits per heavy atom. The van der Waals surface area contributed by atoms with Crippen molar-refractivity contribution in [2.24, 2.45) is 0 Å². The number of carbonyl (C=O) groups is 3. The number of likely N-dealkylation sites (N-methyl/N-ethyl adjacent to an activating group) is 3. The molecule has 0 radical (unpaired) electrons. The largest absolute Gasteiger partial charge is 0.481 e. The van der Waals surface area contributed by atoms with Gasteiger partial charge in [-0.25, -0.2) is 4.39 Å². The fraction of sp³-hybridized carbons (Fsp3) is 0.258. The van der Waals surface area contributed by atoms with E-state index in [0.29, 0.717) is 45.0 Å². The van der Waals surface area contributed by atoms with E-state index in [1.54, 1.807) is 42.3 Å². The molecule has 9 nitrogen and oxygen atoms in total. The Bertz CT molecular complexity index is 1470. The average Bonchev–Trinajstić information content (AvgIpc) is 3.25. The molecule has 0 fully saturated rings. The van der Waals surface area contributed by atoms with E-state index in [-0.39, 0.29) is 24.8 Å². The van der Waals surface area contributed by atoms with E-state index in [1.165, 1.54) is 12.1 Å². The van der Waals surface area contributed by atoms with Crippen LogP contribution >= 0.6 is 0 Å². The van der Waals surface area contributed by atoms with E-state index >= 15 is 0 Å². The fourth-order valence-corrected chi connectivity index (χ4v) is 4.48. The monoisotopic (exact) mass is 559 g/mol. The molecule has 3 aromatic rings. The van der Waals surface area contributed by atoms with Crippen LogP contribution in [0.4, 0.5) is 21.5 Å². The van der Waals surface area contributed by atoms with Gasteiger partial charge in [-0.1, -0.05) is 24.3 Å². The highest BCUT2D eigenvalue weighted by Crippen LogP contribution is 2.38. The van der Waals surface area contributed by atoms with Gasteiger partial charge in [0.15, 0.2) is 0 Å². The molecule has 0 saturated heterocycles. The molecule has 0 saturated carbocycles. The first-order valence-electron chi connectivity index (χ1n) is 13.2. The smallest absolute Gasteiger partial charge is 0.307 e. The van der Waals surface area contributed by atoms with Crippen LogP contribution in [0.25, 0.3) is 11.3 Å². The van der Waals surface area contributed by atoms with Crippen LogP contribution in [-0.4, -0.2) is 80.5 Å². The lowest BCUT2D eigenvalue weighted by molar-refractivity contribution is -0.136. The number of rotatable bonds is 11. The van der Waals surface area contributed by atoms with Crippen molar-refractivity contribution in [3.63, 3.8) is 0 Å². The molecule has 0 aromatic heterocycles. The van der Waals surface area contributed by atoms with Crippen LogP contribution in [0, 0.1) is 5.82 Å². The standard InChI is InChI=1S/C31H34FN5O4/c1-35(2)15-16-36(3)19-27(38)37(4)24-12-10-23(11-13-24)33-30(21-7-5-20(6-8-21)17-28(39)40)29-25-14-9-22(32)18-26(25)34-31(29)41/h5-14,18,33H,15-17,19H2,1-4H3,(H,34,41)(H,39,40)/b30-29-. The minimum atomic E-state index is -0.940. The molecule has 0 aliphatic carbocycles. The van der Waals surface area contributed by atoms with Crippen LogP contribution in [0.3, 0.4) is 0 Å². The molecule has 214 valence electrons. The lowest BCUT2D eigenvalue weighted by Gasteiger charge is -2.23. The lowest BCUT2D eigenvalue weighted by atomic mass is 9.98. The van der Waals surface area contributed by atoms with Crippen LogP contribution in [0.2, 0.25) is 0 Å². The van der Waals surface area contributed by atoms with E-state index in [2.05, 4.69) is 15.5 Å². The summed E-state index contributed by atoms with van der Waals surface area (Å²) < 4.78 is 13.9. The topological polar surface area (TPSA) is 105 Å². The molecule has 41 heavy (non-hydrogen) atoms. The van der Waals surface area contributed by atoms with Crippen molar-refractivity contribution >= 4 is 46.1 Å². The van der Waals surface area contributed by atoms with Crippen LogP contribution in [-0.2, 0) is 20.8 Å². The summed E-state index contributed by atoms with van der Waals surface area (Å²) in [4.78, 5) is 42.7. The molecule has 3 N–H and O–H groups in total. The van der Waals surface area contributed by atoms with Crippen LogP contribution in [0.15, 0.2) is 66.7 Å². The Morgan fingerprint density at radius 1 is 0.927 bits per heavy atom. The van der Waals surface area contributed by atoms with E-state index in [9.17, 15) is 18.8 Å². The van der Waals surface area contributed by atoms with Gasteiger partial charge >= 0.3 is 5.97 Å². The lowest BCUT2D eigenvalue weighted by Crippen LogP contribution is -2.39. The maximum atomic E-state index is 13.9. The molecule has 0 atom stereocenters. The zero-order chi connectivity index (χ0) is 29.7. The van der Waals surface area contributed by atoms with Crippen LogP contribution in [0.5, 0.6) is 0 Å². The zero-order valence-corrected chi connectivity index (χ0v) is 23.6. The summed E-state index contributed by atoms with van der Waals surface area (Å²) in [6.45, 7) is 1.91. The van der Waals surface area contributed by atoms with Gasteiger partial charge in [-0.3, -0.25) is 19.3 Å². The summed E-state index contributed by atoms with van der Waals surface area (Å²) in [6.07, 6.45) is -0.124. The van der Waals surface area contributed by atoms with Gasteiger partial charge in [-0.15, -0.1) is 0 Å². The maximum absolute atomic E-state index is 13.9. The first kappa shape index (κ1) is 29.4. The Hall–Kier alpha value is -4.54. The molecule has 1 heterocycles. The van der Waals surface area contributed by atoms with Gasteiger partial charge in [0.2, 0.25) is 5.91 Å². The summed E-state index contributed by atoms with van der Waals surface area (Å²) >= 11 is 0. The molecule has 10 heteroatoms. The van der Waals surface area contributed by atoms with Crippen molar-refractivity contribution in [2.75, 3.05) is 63.4 Å². The van der Waals surface area contributed by atoms with Gasteiger partial charge in [0.25, 0.3) is 5.91 Å². The Kier molecular flexibility index (Phi) is 9.16. The van der Waals surface area contributed by atoms with Crippen molar-refractivity contribution in [1.29, 1.82) is 0 Å². The minimum Gasteiger partial charge on any atom is -0.481 e. The van der Waals surface area contributed by atoms with Gasteiger partial charge in [0, 0.05) is 37.1 Å². The molecule has 1 aliphatic heterocycles. The van der Waals surface area contributed by atoms with Gasteiger partial charge in [0.1, 0.15) is 5.82 Å². The number of nitrogens with zero attached hydrogens (tertiary/aromatic N) is 3. The normalized spacial score (nSPS) is 13.7. The SMILES string of the molecule is CN(C)CCN(C)CC(=O)N(C)c1ccc(N/C(=C2\C(=O)Nc3cc(F)ccc32)c2ccc(CC(=O)O)cc2)cc1. The van der Waals surface area contributed by atoms with E-state index < -0.39 is 11.8 Å². The molecule has 2 amide bonds. The first-order valence-corrected chi connectivity index (χ1v) is 13.2. The number of hydrogen-bond acceptors (Lipinski definition) is 6. The number of fused-ring (bicyclic) bond motifs is 1. The maximum Gasteiger partial charge on any atom is 0.307 e. The number of carbonyl (C=O) groups excluding carboxylic acids is 2. The second-order valence-electron chi connectivity index (χ2n) is 10.3. The molecule has 4 rings (SSSR count). The van der Waals surface area contributed by atoms with Crippen molar-refractivity contribution < 1.29 is 23.9 Å². The Labute approximate surface area is 238 Å². The highest BCUT2D eigenvalue weighted by Gasteiger charge is 2.29. The number of amides is 2. The highest BCUT2D eigenvalue weighted by atomic mass is 19.1. The third-order valence-corrected chi connectivity index (χ3v) is 6.81. The molecule has 0 spiro atoms. The van der Waals surface area contributed by atoms with Gasteiger partial charge in [0.05, 0.1) is 29.9 Å². The van der Waals surface area contributed by atoms with Crippen molar-refractivity contribution in [2.45, 2.75) is 6.42 Å². The zero-order valence-electron chi connectivity index (χ0n) is 23.6. The number of nitrogens with one attached hydrogen (secondary N) is 2. The van der Waals surface area contributed by atoms with Crippen LogP contribution < -0.4 is 15.5 Å². The third kappa shape index (κ3) is 7.36. The summed E-state index contributed by atoms with van der Waals surface area (Å²) in [7, 11) is 7.63. The van der Waals surface area contributed by atoms with Crippen molar-refractivity contribution in [1.82, 2.24) is 9.80 Å². The molecular formula is C31H34FN5O4. The summed E-state index contributed by atoms with van der Waals surface area (Å²) in [5.74, 6) is -1.83. The molecular weight excluding hydrogens is 525 g/mol. The van der Waals surface area contributed by atoms with E-state index in [4.69, 9.17) is 5.11 Å². The molecule has 0 unspecified atom stereocenters. The number of aliphatic carboxylic acids is 1. The highest BCUT2D eigenvalue weighted by molar-refractivity contribution is 6.37. The summed E-state index contributed by atoms with van der Waals surface area (Å²) in [5.41, 5.74) is 4.39. The average molecular weight is 560 g/mol. The van der Waals surface area contributed by atoms with Crippen molar-refractivity contribution in [3.05, 3.63) is 89.2 Å². The fourth-order valence-electron chi connectivity index (χ4n) is 4.48. The predicted octanol–water partition coefficient (Wildman–Crippen LogP) is 3.84. The second kappa shape index (κ2) is 12.8. The predicted molar refractivity (Wildman–Crippen MR) is 159 cm³/mol. The number of carboxylic acids is 1. The van der Waals surface area contributed by atoms with Gasteiger partial charge in [-0.2, -0.15) is 0 Å². The number of benzene rings is 3. The number of halogens is 1. The van der Waals surface area contributed by atoms with E-state index in [0.717, 1.165) is 13.1 Å². The number of hydrogen-bond donors (Lipinski definition) is 3. The second-order valence-corrected chi connectivity index (χ2v) is 10.3. The van der Waals surface area contributed by atoms with Gasteiger partial charge in [-0.05, 0) is 74.7 Å². The summed E-state index contributed by atoms with van der Waals surface area (Å²) in [6, 6.07) is 18.3. The Balaban J connectivity index is 1.61. The van der Waals surface area contributed by atoms with E-state index in [1.807, 2.05) is 50.3 Å².